The second-order valence-electron chi connectivity index (χ2n) is 9.42. The van der Waals surface area contributed by atoms with E-state index in [9.17, 15) is 19.2 Å². The number of halogens is 2. The Hall–Kier alpha value is -3.63. The zero-order chi connectivity index (χ0) is 27.0. The minimum Gasteiger partial charge on any atom is -0.341 e. The van der Waals surface area contributed by atoms with Crippen LogP contribution in [-0.2, 0) is 24.8 Å². The summed E-state index contributed by atoms with van der Waals surface area (Å²) in [7, 11) is 1.36. The summed E-state index contributed by atoms with van der Waals surface area (Å²) in [6, 6.07) is 8.52. The summed E-state index contributed by atoms with van der Waals surface area (Å²) in [5, 5.41) is 3.36. The number of fused-ring (bicyclic) bond motifs is 1. The molecule has 10 nitrogen and oxygen atoms in total. The molecule has 0 radical (unpaired) electrons. The average molecular weight is 557 g/mol. The van der Waals surface area contributed by atoms with Gasteiger partial charge in [-0.15, -0.1) is 0 Å². The zero-order valence-electron chi connectivity index (χ0n) is 20.7. The van der Waals surface area contributed by atoms with Crippen molar-refractivity contribution in [3.63, 3.8) is 0 Å². The van der Waals surface area contributed by atoms with Crippen molar-refractivity contribution in [1.29, 1.82) is 0 Å². The van der Waals surface area contributed by atoms with Gasteiger partial charge in [0.2, 0.25) is 5.91 Å². The van der Waals surface area contributed by atoms with Gasteiger partial charge in [0.1, 0.15) is 12.4 Å². The van der Waals surface area contributed by atoms with Gasteiger partial charge in [0.05, 0.1) is 15.6 Å². The number of piperidine rings is 1. The summed E-state index contributed by atoms with van der Waals surface area (Å²) in [5.41, 5.74) is 0.423. The molecule has 4 heterocycles. The normalized spacial score (nSPS) is 16.1. The molecule has 1 saturated heterocycles. The number of aromatic nitrogens is 3. The van der Waals surface area contributed by atoms with Gasteiger partial charge in [-0.1, -0.05) is 41.4 Å². The van der Waals surface area contributed by atoms with Crippen LogP contribution in [0.1, 0.15) is 18.4 Å². The first-order valence-corrected chi connectivity index (χ1v) is 13.0. The summed E-state index contributed by atoms with van der Waals surface area (Å²) in [4.78, 5) is 59.4. The van der Waals surface area contributed by atoms with Gasteiger partial charge in [-0.25, -0.2) is 14.6 Å². The fraction of sp³-hybridized carbons (Fsp3) is 0.346. The second kappa shape index (κ2) is 10.6. The largest absolute Gasteiger partial charge is 0.341 e. The molecular weight excluding hydrogens is 531 g/mol. The van der Waals surface area contributed by atoms with Crippen molar-refractivity contribution in [3.05, 3.63) is 79.2 Å². The molecule has 0 saturated carbocycles. The standard InChI is InChI=1S/C26H26Cl2N6O4/c1-31-24(36)19(18-5-2-6-20(27)22(18)28)14-33(26(31)38)15-21(35)32-11-8-17(9-12-32)34-13-7-16-4-3-10-29-23(16)30-25(34)37/h2-6,10,14,17H,7-9,11-13,15H2,1H3,(H,29,30,37). The number of likely N-dealkylation sites (tertiary alicyclic amines) is 1. The highest BCUT2D eigenvalue weighted by molar-refractivity contribution is 6.43. The molecule has 2 aliphatic rings. The van der Waals surface area contributed by atoms with Crippen LogP contribution < -0.4 is 16.6 Å². The third-order valence-electron chi connectivity index (χ3n) is 7.16. The van der Waals surface area contributed by atoms with Crippen LogP contribution in [0.5, 0.6) is 0 Å². The lowest BCUT2D eigenvalue weighted by Gasteiger charge is -2.38. The van der Waals surface area contributed by atoms with Crippen molar-refractivity contribution in [3.8, 4) is 11.1 Å². The maximum Gasteiger partial charge on any atom is 0.331 e. The Bertz CT molecular complexity index is 1530. The smallest absolute Gasteiger partial charge is 0.331 e. The number of benzene rings is 1. The number of hydrogen-bond donors (Lipinski definition) is 1. The van der Waals surface area contributed by atoms with E-state index < -0.39 is 11.2 Å². The van der Waals surface area contributed by atoms with Crippen molar-refractivity contribution >= 4 is 41.0 Å². The van der Waals surface area contributed by atoms with E-state index in [-0.39, 0.29) is 40.1 Å². The molecule has 2 aliphatic heterocycles. The van der Waals surface area contributed by atoms with Gasteiger partial charge in [0, 0.05) is 50.7 Å². The molecule has 0 atom stereocenters. The highest BCUT2D eigenvalue weighted by Crippen LogP contribution is 2.31. The predicted molar refractivity (Wildman–Crippen MR) is 145 cm³/mol. The Kier molecular flexibility index (Phi) is 7.27. The molecule has 0 spiro atoms. The number of amides is 3. The van der Waals surface area contributed by atoms with Crippen LogP contribution in [0, 0.1) is 0 Å². The lowest BCUT2D eigenvalue weighted by Crippen LogP contribution is -2.51. The molecule has 0 aliphatic carbocycles. The Morgan fingerprint density at radius 1 is 1.05 bits per heavy atom. The van der Waals surface area contributed by atoms with Gasteiger partial charge in [0.25, 0.3) is 5.56 Å². The maximum absolute atomic E-state index is 13.2. The second-order valence-corrected chi connectivity index (χ2v) is 10.2. The van der Waals surface area contributed by atoms with Gasteiger partial charge in [-0.05, 0) is 37.0 Å². The molecule has 2 aromatic heterocycles. The molecule has 0 unspecified atom stereocenters. The Morgan fingerprint density at radius 3 is 2.58 bits per heavy atom. The molecule has 5 rings (SSSR count). The molecule has 12 heteroatoms. The summed E-state index contributed by atoms with van der Waals surface area (Å²) in [6.07, 6.45) is 4.96. The molecule has 3 amide bonds. The van der Waals surface area contributed by atoms with E-state index in [4.69, 9.17) is 23.2 Å². The van der Waals surface area contributed by atoms with Crippen LogP contribution >= 0.6 is 23.2 Å². The minimum atomic E-state index is -0.602. The van der Waals surface area contributed by atoms with Gasteiger partial charge < -0.3 is 9.80 Å². The fourth-order valence-electron chi connectivity index (χ4n) is 5.03. The number of nitrogens with zero attached hydrogens (tertiary/aromatic N) is 5. The van der Waals surface area contributed by atoms with E-state index in [2.05, 4.69) is 10.3 Å². The fourth-order valence-corrected chi connectivity index (χ4v) is 5.43. The molecule has 0 bridgehead atoms. The highest BCUT2D eigenvalue weighted by Gasteiger charge is 2.31. The van der Waals surface area contributed by atoms with E-state index in [1.54, 1.807) is 29.3 Å². The van der Waals surface area contributed by atoms with Crippen molar-refractivity contribution in [2.75, 3.05) is 25.0 Å². The van der Waals surface area contributed by atoms with Gasteiger partial charge in [-0.2, -0.15) is 0 Å². The topological polar surface area (TPSA) is 110 Å². The van der Waals surface area contributed by atoms with Crippen molar-refractivity contribution in [2.24, 2.45) is 7.05 Å². The van der Waals surface area contributed by atoms with Crippen molar-refractivity contribution < 1.29 is 9.59 Å². The van der Waals surface area contributed by atoms with E-state index in [1.807, 2.05) is 17.0 Å². The lowest BCUT2D eigenvalue weighted by molar-refractivity contribution is -0.133. The van der Waals surface area contributed by atoms with Crippen LogP contribution in [0.4, 0.5) is 10.6 Å². The lowest BCUT2D eigenvalue weighted by atomic mass is 10.0. The summed E-state index contributed by atoms with van der Waals surface area (Å²) >= 11 is 12.4. The molecule has 1 N–H and O–H groups in total. The van der Waals surface area contributed by atoms with Crippen LogP contribution in [-0.4, -0.2) is 61.5 Å². The number of hydrogen-bond acceptors (Lipinski definition) is 5. The van der Waals surface area contributed by atoms with Crippen molar-refractivity contribution in [1.82, 2.24) is 23.9 Å². The number of urea groups is 1. The zero-order valence-corrected chi connectivity index (χ0v) is 22.2. The Labute approximate surface area is 228 Å². The van der Waals surface area contributed by atoms with Crippen LogP contribution in [0.25, 0.3) is 11.1 Å². The van der Waals surface area contributed by atoms with Crippen LogP contribution in [0.2, 0.25) is 10.0 Å². The number of rotatable bonds is 4. The molecule has 198 valence electrons. The summed E-state index contributed by atoms with van der Waals surface area (Å²) < 4.78 is 2.17. The quantitative estimate of drug-likeness (QED) is 0.531. The maximum atomic E-state index is 13.2. The van der Waals surface area contributed by atoms with Crippen molar-refractivity contribution in [2.45, 2.75) is 31.8 Å². The molecule has 38 heavy (non-hydrogen) atoms. The SMILES string of the molecule is Cn1c(=O)c(-c2cccc(Cl)c2Cl)cn(CC(=O)N2CCC(N3CCc4cccnc4NC3=O)CC2)c1=O. The minimum absolute atomic E-state index is 0.00907. The number of carbonyl (C=O) groups is 2. The third-order valence-corrected chi connectivity index (χ3v) is 7.98. The Balaban J connectivity index is 1.28. The monoisotopic (exact) mass is 556 g/mol. The molecule has 3 aromatic rings. The first kappa shape index (κ1) is 26.0. The number of carbonyl (C=O) groups excluding carboxylic acids is 2. The summed E-state index contributed by atoms with van der Waals surface area (Å²) in [6.45, 7) is 1.25. The first-order chi connectivity index (χ1) is 18.2. The predicted octanol–water partition coefficient (Wildman–Crippen LogP) is 3.00. The molecule has 1 aromatic carbocycles. The van der Waals surface area contributed by atoms with E-state index >= 15 is 0 Å². The van der Waals surface area contributed by atoms with E-state index in [0.717, 1.165) is 10.1 Å². The number of pyridine rings is 1. The number of anilines is 1. The first-order valence-electron chi connectivity index (χ1n) is 12.3. The molecular formula is C26H26Cl2N6O4. The molecule has 1 fully saturated rings. The van der Waals surface area contributed by atoms with E-state index in [0.29, 0.717) is 50.3 Å². The van der Waals surface area contributed by atoms with Gasteiger partial charge in [-0.3, -0.25) is 24.0 Å². The Morgan fingerprint density at radius 2 is 1.82 bits per heavy atom. The average Bonchev–Trinajstić information content (AvgIpc) is 3.09. The van der Waals surface area contributed by atoms with Gasteiger partial charge in [0.15, 0.2) is 0 Å². The van der Waals surface area contributed by atoms with Gasteiger partial charge >= 0.3 is 11.7 Å². The summed E-state index contributed by atoms with van der Waals surface area (Å²) in [5.74, 6) is 0.345. The number of nitrogens with one attached hydrogen (secondary N) is 1. The van der Waals surface area contributed by atoms with Crippen LogP contribution in [0.3, 0.4) is 0 Å². The van der Waals surface area contributed by atoms with Crippen LogP contribution in [0.15, 0.2) is 52.3 Å². The van der Waals surface area contributed by atoms with E-state index in [1.165, 1.54) is 17.8 Å². The third kappa shape index (κ3) is 4.93. The highest BCUT2D eigenvalue weighted by atomic mass is 35.5.